The van der Waals surface area contributed by atoms with Crippen LogP contribution in [-0.4, -0.2) is 18.0 Å². The van der Waals surface area contributed by atoms with Crippen molar-refractivity contribution in [3.8, 4) is 0 Å². The summed E-state index contributed by atoms with van der Waals surface area (Å²) in [6.07, 6.45) is 1.10. The van der Waals surface area contributed by atoms with E-state index in [0.717, 1.165) is 16.9 Å². The molecule has 3 atom stereocenters. The highest BCUT2D eigenvalue weighted by atomic mass is 32.1. The molecule has 3 amide bonds. The lowest BCUT2D eigenvalue weighted by Crippen LogP contribution is -2.92. The Bertz CT molecular complexity index is 698. The van der Waals surface area contributed by atoms with Crippen LogP contribution in [0.4, 0.5) is 4.79 Å². The van der Waals surface area contributed by atoms with Gasteiger partial charge in [-0.15, -0.1) is 11.3 Å². The quantitative estimate of drug-likeness (QED) is 0.708. The number of hydrogen-bond acceptors (Lipinski definition) is 3. The van der Waals surface area contributed by atoms with Crippen LogP contribution < -0.4 is 16.4 Å². The van der Waals surface area contributed by atoms with Gasteiger partial charge in [-0.05, 0) is 36.3 Å². The van der Waals surface area contributed by atoms with Crippen LogP contribution in [0.25, 0.3) is 0 Å². The number of primary amides is 1. The monoisotopic (exact) mass is 360 g/mol. The van der Waals surface area contributed by atoms with E-state index in [0.29, 0.717) is 5.92 Å². The molecule has 0 unspecified atom stereocenters. The maximum Gasteiger partial charge on any atom is 0.319 e. The lowest BCUT2D eigenvalue weighted by atomic mass is 9.95. The van der Waals surface area contributed by atoms with Crippen molar-refractivity contribution >= 4 is 23.3 Å². The third kappa shape index (κ3) is 5.14. The molecule has 1 aromatic heterocycles. The number of carbonyl (C=O) groups is 2. The first-order valence-electron chi connectivity index (χ1n) is 8.50. The summed E-state index contributed by atoms with van der Waals surface area (Å²) < 4.78 is 0. The number of nitrogens with two attached hydrogens (primary N) is 2. The molecule has 0 saturated carbocycles. The standard InChI is InChI=1S/C19H25N3O2S/c1-4-12(2)14-7-9-15(10-8-14)17(16-6-5-11-25-16)21-13(3)18(23)22-19(20)24/h5-13,17,21H,4H2,1-3H3,(H3,20,22,23,24)/p+1/t12-,13+,17-/m1/s1. The molecule has 0 saturated heterocycles. The minimum Gasteiger partial charge on any atom is -0.351 e. The second-order valence-electron chi connectivity index (χ2n) is 6.30. The molecule has 2 aromatic rings. The molecule has 1 heterocycles. The number of quaternary nitrogens is 1. The molecular formula is C19H26N3O2S+. The smallest absolute Gasteiger partial charge is 0.319 e. The van der Waals surface area contributed by atoms with Crippen LogP contribution in [0, 0.1) is 0 Å². The molecule has 25 heavy (non-hydrogen) atoms. The maximum atomic E-state index is 12.0. The summed E-state index contributed by atoms with van der Waals surface area (Å²) >= 11 is 1.65. The number of nitrogens with one attached hydrogen (secondary N) is 1. The summed E-state index contributed by atoms with van der Waals surface area (Å²) in [6, 6.07) is 11.4. The van der Waals surface area contributed by atoms with Gasteiger partial charge in [0.05, 0.1) is 4.88 Å². The van der Waals surface area contributed by atoms with Crippen LogP contribution in [0.5, 0.6) is 0 Å². The van der Waals surface area contributed by atoms with Crippen molar-refractivity contribution in [2.24, 2.45) is 5.73 Å². The van der Waals surface area contributed by atoms with Crippen molar-refractivity contribution < 1.29 is 14.9 Å². The van der Waals surface area contributed by atoms with Crippen LogP contribution in [0.3, 0.4) is 0 Å². The molecule has 0 aliphatic carbocycles. The summed E-state index contributed by atoms with van der Waals surface area (Å²) in [5.74, 6) is 0.142. The van der Waals surface area contributed by atoms with E-state index in [1.165, 1.54) is 5.56 Å². The van der Waals surface area contributed by atoms with E-state index >= 15 is 0 Å². The van der Waals surface area contributed by atoms with Crippen LogP contribution in [0.2, 0.25) is 0 Å². The van der Waals surface area contributed by atoms with Crippen LogP contribution in [0.1, 0.15) is 55.2 Å². The second kappa shape index (κ2) is 8.78. The largest absolute Gasteiger partial charge is 0.351 e. The van der Waals surface area contributed by atoms with E-state index < -0.39 is 12.1 Å². The van der Waals surface area contributed by atoms with E-state index in [2.05, 4.69) is 49.5 Å². The number of carbonyl (C=O) groups excluding carboxylic acids is 2. The normalized spacial score (nSPS) is 14.5. The zero-order chi connectivity index (χ0) is 18.4. The van der Waals surface area contributed by atoms with E-state index in [4.69, 9.17) is 5.73 Å². The Hall–Kier alpha value is -2.18. The van der Waals surface area contributed by atoms with Gasteiger partial charge in [-0.2, -0.15) is 0 Å². The zero-order valence-electron chi connectivity index (χ0n) is 14.9. The summed E-state index contributed by atoms with van der Waals surface area (Å²) in [5.41, 5.74) is 7.49. The van der Waals surface area contributed by atoms with E-state index in [1.54, 1.807) is 18.3 Å². The Morgan fingerprint density at radius 3 is 2.32 bits per heavy atom. The number of benzene rings is 1. The molecule has 0 bridgehead atoms. The number of imide groups is 1. The Morgan fingerprint density at radius 1 is 1.16 bits per heavy atom. The molecule has 0 fully saturated rings. The molecule has 5 nitrogen and oxygen atoms in total. The van der Waals surface area contributed by atoms with Crippen molar-refractivity contribution in [1.82, 2.24) is 5.32 Å². The van der Waals surface area contributed by atoms with Gasteiger partial charge in [-0.1, -0.05) is 44.2 Å². The minimum atomic E-state index is -0.823. The molecule has 2 rings (SSSR count). The first-order valence-corrected chi connectivity index (χ1v) is 9.38. The number of hydrogen-bond donors (Lipinski definition) is 3. The van der Waals surface area contributed by atoms with Crippen LogP contribution in [-0.2, 0) is 4.79 Å². The van der Waals surface area contributed by atoms with Gasteiger partial charge in [0, 0.05) is 5.56 Å². The number of thiophene rings is 1. The van der Waals surface area contributed by atoms with Gasteiger partial charge in [0.15, 0.2) is 6.04 Å². The number of rotatable bonds is 7. The summed E-state index contributed by atoms with van der Waals surface area (Å²) in [6.45, 7) is 6.17. The van der Waals surface area contributed by atoms with Crippen molar-refractivity contribution in [3.05, 3.63) is 57.8 Å². The van der Waals surface area contributed by atoms with Gasteiger partial charge in [-0.25, -0.2) is 4.79 Å². The second-order valence-corrected chi connectivity index (χ2v) is 7.28. The zero-order valence-corrected chi connectivity index (χ0v) is 15.7. The van der Waals surface area contributed by atoms with Gasteiger partial charge >= 0.3 is 6.03 Å². The van der Waals surface area contributed by atoms with Crippen LogP contribution >= 0.6 is 11.3 Å². The lowest BCUT2D eigenvalue weighted by Gasteiger charge is -2.19. The first-order chi connectivity index (χ1) is 11.9. The van der Waals surface area contributed by atoms with Gasteiger partial charge in [0.1, 0.15) is 6.04 Å². The highest BCUT2D eigenvalue weighted by Crippen LogP contribution is 2.25. The summed E-state index contributed by atoms with van der Waals surface area (Å²) in [7, 11) is 0. The Balaban J connectivity index is 2.22. The molecule has 0 spiro atoms. The third-order valence-corrected chi connectivity index (χ3v) is 5.42. The van der Waals surface area contributed by atoms with E-state index in [-0.39, 0.29) is 11.9 Å². The molecular weight excluding hydrogens is 334 g/mol. The molecule has 6 heteroatoms. The van der Waals surface area contributed by atoms with Gasteiger partial charge in [0.25, 0.3) is 5.91 Å². The van der Waals surface area contributed by atoms with E-state index in [9.17, 15) is 9.59 Å². The highest BCUT2D eigenvalue weighted by molar-refractivity contribution is 7.10. The van der Waals surface area contributed by atoms with Gasteiger partial charge in [-0.3, -0.25) is 10.1 Å². The lowest BCUT2D eigenvalue weighted by molar-refractivity contribution is -0.704. The molecule has 0 aliphatic rings. The highest BCUT2D eigenvalue weighted by Gasteiger charge is 2.26. The first kappa shape index (κ1) is 19.1. The molecule has 0 radical (unpaired) electrons. The predicted molar refractivity (Wildman–Crippen MR) is 100 cm³/mol. The maximum absolute atomic E-state index is 12.0. The fraction of sp³-hybridized carbons (Fsp3) is 0.368. The van der Waals surface area contributed by atoms with Crippen molar-refractivity contribution in [1.29, 1.82) is 0 Å². The minimum absolute atomic E-state index is 0.000362. The fourth-order valence-corrected chi connectivity index (χ4v) is 3.55. The summed E-state index contributed by atoms with van der Waals surface area (Å²) in [4.78, 5) is 24.1. The number of amides is 3. The summed E-state index contributed by atoms with van der Waals surface area (Å²) in [5, 5.41) is 6.13. The van der Waals surface area contributed by atoms with Gasteiger partial charge < -0.3 is 11.1 Å². The average Bonchev–Trinajstić information content (AvgIpc) is 3.12. The SMILES string of the molecule is CC[C@@H](C)c1ccc([C@@H]([NH2+][C@@H](C)C(=O)NC(N)=O)c2cccs2)cc1. The van der Waals surface area contributed by atoms with Crippen LogP contribution in [0.15, 0.2) is 41.8 Å². The molecule has 0 aliphatic heterocycles. The Labute approximate surface area is 152 Å². The Kier molecular flexibility index (Phi) is 6.73. The van der Waals surface area contributed by atoms with E-state index in [1.807, 2.05) is 16.8 Å². The average molecular weight is 361 g/mol. The molecule has 134 valence electrons. The predicted octanol–water partition coefficient (Wildman–Crippen LogP) is 2.50. The number of urea groups is 1. The Morgan fingerprint density at radius 2 is 1.80 bits per heavy atom. The van der Waals surface area contributed by atoms with Crippen molar-refractivity contribution in [3.63, 3.8) is 0 Å². The van der Waals surface area contributed by atoms with Crippen molar-refractivity contribution in [2.75, 3.05) is 0 Å². The van der Waals surface area contributed by atoms with Crippen molar-refractivity contribution in [2.45, 2.75) is 45.2 Å². The third-order valence-electron chi connectivity index (χ3n) is 4.47. The topological polar surface area (TPSA) is 88.8 Å². The molecule has 5 N–H and O–H groups in total. The fourth-order valence-electron chi connectivity index (χ4n) is 2.72. The van der Waals surface area contributed by atoms with Gasteiger partial charge in [0.2, 0.25) is 0 Å². The molecule has 1 aromatic carbocycles.